The molecule has 0 unspecified atom stereocenters. The number of hydrogen-bond acceptors (Lipinski definition) is 0. The summed E-state index contributed by atoms with van der Waals surface area (Å²) in [5.74, 6) is 0. The van der Waals surface area contributed by atoms with Crippen molar-refractivity contribution in [2.24, 2.45) is 0 Å². The van der Waals surface area contributed by atoms with Crippen LogP contribution in [0.25, 0.3) is 133 Å². The van der Waals surface area contributed by atoms with E-state index in [1.807, 2.05) is 0 Å². The average molecular weight is 941 g/mol. The summed E-state index contributed by atoms with van der Waals surface area (Å²) in [7, 11) is 0. The van der Waals surface area contributed by atoms with Gasteiger partial charge in [-0.3, -0.25) is 0 Å². The van der Waals surface area contributed by atoms with Gasteiger partial charge in [0, 0.05) is 32.9 Å². The SMILES string of the molecule is c1ccc(-c2ccc(-c3ccc(-n4c5ccccc5c5cc(-c6ccc7c(c6)c6ccccc6n7-c6ccc(-c7ccc(-c8cccc(-c9cccc(-c%10ccccc%10)c9)c8)cc7)cc6)ccc54)cc3)cc2)cc1. The van der Waals surface area contributed by atoms with Crippen molar-refractivity contribution in [1.82, 2.24) is 9.13 Å². The van der Waals surface area contributed by atoms with E-state index in [9.17, 15) is 0 Å². The van der Waals surface area contributed by atoms with Gasteiger partial charge in [0.05, 0.1) is 22.1 Å². The zero-order valence-corrected chi connectivity index (χ0v) is 40.6. The fourth-order valence-corrected chi connectivity index (χ4v) is 11.2. The Kier molecular flexibility index (Phi) is 10.6. The van der Waals surface area contributed by atoms with E-state index < -0.39 is 0 Å². The average Bonchev–Trinajstić information content (AvgIpc) is 4.01. The van der Waals surface area contributed by atoms with Gasteiger partial charge in [-0.25, -0.2) is 0 Å². The largest absolute Gasteiger partial charge is 0.309 e. The van der Waals surface area contributed by atoms with E-state index in [4.69, 9.17) is 0 Å². The molecule has 14 rings (SSSR count). The lowest BCUT2D eigenvalue weighted by Gasteiger charge is -2.11. The molecule has 0 atom stereocenters. The summed E-state index contributed by atoms with van der Waals surface area (Å²) in [5, 5.41) is 4.97. The lowest BCUT2D eigenvalue weighted by atomic mass is 9.95. The van der Waals surface area contributed by atoms with Crippen molar-refractivity contribution in [1.29, 1.82) is 0 Å². The third kappa shape index (κ3) is 7.69. The Labute approximate surface area is 431 Å². The molecule has 0 N–H and O–H groups in total. The quantitative estimate of drug-likeness (QED) is 0.136. The van der Waals surface area contributed by atoms with Gasteiger partial charge >= 0.3 is 0 Å². The second-order valence-electron chi connectivity index (χ2n) is 19.3. The molecule has 14 aromatic rings. The van der Waals surface area contributed by atoms with Gasteiger partial charge in [-0.2, -0.15) is 0 Å². The molecule has 0 aliphatic rings. The molecule has 346 valence electrons. The second kappa shape index (κ2) is 18.1. The van der Waals surface area contributed by atoms with Gasteiger partial charge in [0.2, 0.25) is 0 Å². The summed E-state index contributed by atoms with van der Waals surface area (Å²) in [6.45, 7) is 0. The van der Waals surface area contributed by atoms with Crippen molar-refractivity contribution in [2.45, 2.75) is 0 Å². The number of para-hydroxylation sites is 2. The summed E-state index contributed by atoms with van der Waals surface area (Å²) in [6.07, 6.45) is 0. The van der Waals surface area contributed by atoms with Crippen LogP contribution in [-0.4, -0.2) is 9.13 Å². The van der Waals surface area contributed by atoms with Gasteiger partial charge in [0.1, 0.15) is 0 Å². The summed E-state index contributed by atoms with van der Waals surface area (Å²) in [4.78, 5) is 0. The number of hydrogen-bond donors (Lipinski definition) is 0. The molecule has 0 aliphatic carbocycles. The monoisotopic (exact) mass is 940 g/mol. The fourth-order valence-electron chi connectivity index (χ4n) is 11.2. The molecule has 0 saturated carbocycles. The van der Waals surface area contributed by atoms with Gasteiger partial charge in [-0.1, -0.05) is 218 Å². The highest BCUT2D eigenvalue weighted by atomic mass is 15.0. The van der Waals surface area contributed by atoms with E-state index in [-0.39, 0.29) is 0 Å². The lowest BCUT2D eigenvalue weighted by Crippen LogP contribution is -1.94. The van der Waals surface area contributed by atoms with Gasteiger partial charge in [-0.15, -0.1) is 0 Å². The van der Waals surface area contributed by atoms with Gasteiger partial charge in [0.25, 0.3) is 0 Å². The molecule has 0 aliphatic heterocycles. The number of rotatable bonds is 9. The third-order valence-electron chi connectivity index (χ3n) is 15.0. The van der Waals surface area contributed by atoms with E-state index in [0.29, 0.717) is 0 Å². The Balaban J connectivity index is 0.743. The highest BCUT2D eigenvalue weighted by Crippen LogP contribution is 2.40. The van der Waals surface area contributed by atoms with Crippen LogP contribution in [0.15, 0.2) is 291 Å². The fraction of sp³-hybridized carbons (Fsp3) is 0. The van der Waals surface area contributed by atoms with E-state index in [2.05, 4.69) is 300 Å². The molecule has 12 aromatic carbocycles. The Morgan fingerprint density at radius 3 is 0.784 bits per heavy atom. The van der Waals surface area contributed by atoms with Crippen LogP contribution in [-0.2, 0) is 0 Å². The molecule has 0 saturated heterocycles. The van der Waals surface area contributed by atoms with Crippen molar-refractivity contribution in [3.05, 3.63) is 291 Å². The smallest absolute Gasteiger partial charge is 0.0541 e. The first kappa shape index (κ1) is 43.1. The Morgan fingerprint density at radius 2 is 0.392 bits per heavy atom. The van der Waals surface area contributed by atoms with Crippen LogP contribution >= 0.6 is 0 Å². The summed E-state index contributed by atoms with van der Waals surface area (Å²) in [6, 6.07) is 106. The van der Waals surface area contributed by atoms with Crippen LogP contribution in [0, 0.1) is 0 Å². The molecule has 2 heterocycles. The van der Waals surface area contributed by atoms with Gasteiger partial charge < -0.3 is 9.13 Å². The van der Waals surface area contributed by atoms with Crippen molar-refractivity contribution >= 4 is 43.6 Å². The van der Waals surface area contributed by atoms with Crippen LogP contribution in [0.4, 0.5) is 0 Å². The van der Waals surface area contributed by atoms with Crippen molar-refractivity contribution in [3.63, 3.8) is 0 Å². The van der Waals surface area contributed by atoms with E-state index in [1.165, 1.54) is 122 Å². The van der Waals surface area contributed by atoms with Crippen molar-refractivity contribution in [3.8, 4) is 89.3 Å². The first-order valence-electron chi connectivity index (χ1n) is 25.5. The molecule has 2 nitrogen and oxygen atoms in total. The predicted octanol–water partition coefficient (Wildman–Crippen LogP) is 19.5. The summed E-state index contributed by atoms with van der Waals surface area (Å²) >= 11 is 0. The van der Waals surface area contributed by atoms with Gasteiger partial charge in [-0.05, 0) is 151 Å². The van der Waals surface area contributed by atoms with E-state index in [1.54, 1.807) is 0 Å². The van der Waals surface area contributed by atoms with Crippen LogP contribution in [0.5, 0.6) is 0 Å². The summed E-state index contributed by atoms with van der Waals surface area (Å²) < 4.78 is 4.81. The first-order valence-corrected chi connectivity index (χ1v) is 25.5. The Morgan fingerprint density at radius 1 is 0.149 bits per heavy atom. The minimum Gasteiger partial charge on any atom is -0.309 e. The van der Waals surface area contributed by atoms with Crippen molar-refractivity contribution in [2.75, 3.05) is 0 Å². The third-order valence-corrected chi connectivity index (χ3v) is 15.0. The zero-order valence-electron chi connectivity index (χ0n) is 40.6. The van der Waals surface area contributed by atoms with Crippen LogP contribution < -0.4 is 0 Å². The van der Waals surface area contributed by atoms with Crippen LogP contribution in [0.2, 0.25) is 0 Å². The molecule has 74 heavy (non-hydrogen) atoms. The highest BCUT2D eigenvalue weighted by Gasteiger charge is 2.17. The maximum absolute atomic E-state index is 2.41. The molecular formula is C72H48N2. The van der Waals surface area contributed by atoms with Crippen molar-refractivity contribution < 1.29 is 0 Å². The highest BCUT2D eigenvalue weighted by molar-refractivity contribution is 6.12. The second-order valence-corrected chi connectivity index (χ2v) is 19.3. The standard InChI is InChI=1S/C72H48N2/c1-3-13-49(14-4-1)51-25-27-52(28-26-51)54-33-39-63(40-34-54)73-69-23-9-7-21-65(69)67-47-61(37-43-71(67)73)62-38-44-72-68(48-62)66-22-8-10-24-70(66)74(72)64-41-35-55(36-42-64)53-29-31-56(32-30-53)58-18-12-20-60(46-58)59-19-11-17-57(45-59)50-15-5-2-6-16-50/h1-48H. The normalized spacial score (nSPS) is 11.5. The summed E-state index contributed by atoms with van der Waals surface area (Å²) in [5.41, 5.74) is 24.0. The molecule has 2 heteroatoms. The number of nitrogens with zero attached hydrogens (tertiary/aromatic N) is 2. The maximum atomic E-state index is 2.41. The Hall–Kier alpha value is -9.76. The molecular weight excluding hydrogens is 893 g/mol. The van der Waals surface area contributed by atoms with Crippen LogP contribution in [0.3, 0.4) is 0 Å². The zero-order chi connectivity index (χ0) is 49.0. The lowest BCUT2D eigenvalue weighted by molar-refractivity contribution is 1.18. The predicted molar refractivity (Wildman–Crippen MR) is 313 cm³/mol. The maximum Gasteiger partial charge on any atom is 0.0541 e. The van der Waals surface area contributed by atoms with E-state index in [0.717, 1.165) is 11.4 Å². The molecule has 0 fully saturated rings. The minimum atomic E-state index is 1.14. The van der Waals surface area contributed by atoms with Crippen LogP contribution in [0.1, 0.15) is 0 Å². The molecule has 0 bridgehead atoms. The first-order chi connectivity index (χ1) is 36.7. The topological polar surface area (TPSA) is 9.86 Å². The number of aromatic nitrogens is 2. The van der Waals surface area contributed by atoms with E-state index >= 15 is 0 Å². The molecule has 2 aromatic heterocycles. The molecule has 0 amide bonds. The Bertz CT molecular complexity index is 4350. The number of benzene rings is 12. The molecule has 0 spiro atoms. The van der Waals surface area contributed by atoms with Gasteiger partial charge in [0.15, 0.2) is 0 Å². The minimum absolute atomic E-state index is 1.14. The number of fused-ring (bicyclic) bond motifs is 6. The molecule has 0 radical (unpaired) electrons.